The zero-order valence-electron chi connectivity index (χ0n) is 41.6. The lowest BCUT2D eigenvalue weighted by molar-refractivity contribution is -0.305. The second-order valence-corrected chi connectivity index (χ2v) is 18.6. The van der Waals surface area contributed by atoms with E-state index in [1.165, 1.54) is 141 Å². The highest BCUT2D eigenvalue weighted by Gasteiger charge is 2.47. The molecule has 1 amide bonds. The fraction of sp³-hybridized carbons (Fsp3) is 0.852. The lowest BCUT2D eigenvalue weighted by Gasteiger charge is -2.41. The SMILES string of the molecule is CCCCCCCC/C=C\C/C=C/CC(O)C(=O)NC(COC1OC(CO)C(O)C(O)C1OC(=O)CCCCCCCCCCCCCCC)C(O)/C=C/CCCCCCCCCCC. The molecule has 11 heteroatoms. The number of hydrogen-bond donors (Lipinski definition) is 6. The van der Waals surface area contributed by atoms with Crippen LogP contribution in [0.1, 0.15) is 233 Å². The van der Waals surface area contributed by atoms with Gasteiger partial charge in [-0.05, 0) is 38.5 Å². The Morgan fingerprint density at radius 2 is 1.06 bits per heavy atom. The van der Waals surface area contributed by atoms with E-state index >= 15 is 0 Å². The molecule has 6 N–H and O–H groups in total. The van der Waals surface area contributed by atoms with Crippen LogP contribution in [0, 0.1) is 0 Å². The molecule has 0 aromatic heterocycles. The van der Waals surface area contributed by atoms with Crippen molar-refractivity contribution in [2.75, 3.05) is 13.2 Å². The Morgan fingerprint density at radius 3 is 1.57 bits per heavy atom. The van der Waals surface area contributed by atoms with Gasteiger partial charge < -0.3 is 45.1 Å². The number of unbranched alkanes of at least 4 members (excludes halogenated alkanes) is 27. The lowest BCUT2D eigenvalue weighted by Crippen LogP contribution is -2.61. The summed E-state index contributed by atoms with van der Waals surface area (Å²) in [6.45, 7) is 5.71. The molecule has 11 nitrogen and oxygen atoms in total. The molecule has 0 bridgehead atoms. The molecule has 1 fully saturated rings. The number of nitrogens with one attached hydrogen (secondary N) is 1. The highest BCUT2D eigenvalue weighted by Crippen LogP contribution is 2.26. The van der Waals surface area contributed by atoms with Crippen molar-refractivity contribution in [1.29, 1.82) is 0 Å². The molecule has 0 aromatic rings. The van der Waals surface area contributed by atoms with E-state index in [0.29, 0.717) is 12.8 Å². The third kappa shape index (κ3) is 32.3. The van der Waals surface area contributed by atoms with Gasteiger partial charge in [-0.15, -0.1) is 0 Å². The molecule has 0 radical (unpaired) electrons. The van der Waals surface area contributed by atoms with Gasteiger partial charge in [0, 0.05) is 12.8 Å². The zero-order valence-corrected chi connectivity index (χ0v) is 41.6. The third-order valence-electron chi connectivity index (χ3n) is 12.6. The van der Waals surface area contributed by atoms with E-state index in [0.717, 1.165) is 44.9 Å². The fourth-order valence-corrected chi connectivity index (χ4v) is 8.22. The molecule has 65 heavy (non-hydrogen) atoms. The fourth-order valence-electron chi connectivity index (χ4n) is 8.22. The minimum absolute atomic E-state index is 0.0838. The van der Waals surface area contributed by atoms with Crippen LogP contribution in [0.5, 0.6) is 0 Å². The van der Waals surface area contributed by atoms with Gasteiger partial charge in [-0.1, -0.05) is 218 Å². The summed E-state index contributed by atoms with van der Waals surface area (Å²) in [5.41, 5.74) is 0. The number of aliphatic hydroxyl groups excluding tert-OH is 5. The maximum Gasteiger partial charge on any atom is 0.306 e. The lowest BCUT2D eigenvalue weighted by atomic mass is 9.99. The molecular weight excluding hydrogens is 823 g/mol. The Morgan fingerprint density at radius 1 is 0.600 bits per heavy atom. The van der Waals surface area contributed by atoms with Gasteiger partial charge in [-0.3, -0.25) is 9.59 Å². The monoisotopic (exact) mass is 922 g/mol. The largest absolute Gasteiger partial charge is 0.454 e. The van der Waals surface area contributed by atoms with Crippen LogP contribution in [0.3, 0.4) is 0 Å². The van der Waals surface area contributed by atoms with E-state index < -0.39 is 67.4 Å². The normalized spacial score (nSPS) is 20.5. The van der Waals surface area contributed by atoms with Crippen LogP contribution in [0.2, 0.25) is 0 Å². The summed E-state index contributed by atoms with van der Waals surface area (Å²) in [5, 5.41) is 56.4. The summed E-state index contributed by atoms with van der Waals surface area (Å²) in [7, 11) is 0. The first kappa shape index (κ1) is 60.9. The molecular formula is C54H99NO10. The number of carbonyl (C=O) groups excluding carboxylic acids is 2. The van der Waals surface area contributed by atoms with E-state index in [1.807, 2.05) is 12.2 Å². The maximum atomic E-state index is 13.3. The van der Waals surface area contributed by atoms with Crippen LogP contribution in [-0.2, 0) is 23.8 Å². The molecule has 380 valence electrons. The second-order valence-electron chi connectivity index (χ2n) is 18.6. The number of amides is 1. The average molecular weight is 922 g/mol. The first-order valence-corrected chi connectivity index (χ1v) is 26.8. The van der Waals surface area contributed by atoms with Crippen molar-refractivity contribution >= 4 is 11.9 Å². The molecule has 1 aliphatic heterocycles. The third-order valence-corrected chi connectivity index (χ3v) is 12.6. The Balaban J connectivity index is 2.80. The predicted octanol–water partition coefficient (Wildman–Crippen LogP) is 11.2. The summed E-state index contributed by atoms with van der Waals surface area (Å²) >= 11 is 0. The van der Waals surface area contributed by atoms with Gasteiger partial charge in [0.1, 0.15) is 24.4 Å². The van der Waals surface area contributed by atoms with Crippen molar-refractivity contribution in [3.8, 4) is 0 Å². The van der Waals surface area contributed by atoms with Gasteiger partial charge in [0.25, 0.3) is 0 Å². The predicted molar refractivity (Wildman–Crippen MR) is 264 cm³/mol. The highest BCUT2D eigenvalue weighted by molar-refractivity contribution is 5.81. The second kappa shape index (κ2) is 43.2. The number of carbonyl (C=O) groups is 2. The maximum absolute atomic E-state index is 13.3. The first-order valence-electron chi connectivity index (χ1n) is 26.8. The van der Waals surface area contributed by atoms with Gasteiger partial charge in [0.2, 0.25) is 5.91 Å². The smallest absolute Gasteiger partial charge is 0.306 e. The van der Waals surface area contributed by atoms with Crippen LogP contribution in [0.25, 0.3) is 0 Å². The Kier molecular flexibility index (Phi) is 40.5. The summed E-state index contributed by atoms with van der Waals surface area (Å²) < 4.78 is 17.5. The minimum atomic E-state index is -1.62. The Labute approximate surface area is 396 Å². The highest BCUT2D eigenvalue weighted by atomic mass is 16.7. The van der Waals surface area contributed by atoms with Crippen molar-refractivity contribution in [3.05, 3.63) is 36.5 Å². The molecule has 0 aromatic carbocycles. The Hall–Kier alpha value is -2.12. The number of rotatable bonds is 44. The van der Waals surface area contributed by atoms with Crippen molar-refractivity contribution in [1.82, 2.24) is 5.32 Å². The topological polar surface area (TPSA) is 175 Å². The standard InChI is InChI=1S/C54H99NO10/c1-4-7-10-13-16-19-22-24-27-30-33-36-39-42-49(59)65-52-51(61)50(60)48(43-56)64-54(52)63-44-45(46(57)40-37-34-31-28-25-21-18-15-12-9-6-3)55-53(62)47(58)41-38-35-32-29-26-23-20-17-14-11-8-5-2/h26,29,35,37-38,40,45-48,50-52,54,56-58,60-61H,4-25,27-28,30-34,36,39,41-44H2,1-3H3,(H,55,62)/b29-26-,38-35+,40-37+. The van der Waals surface area contributed by atoms with Gasteiger partial charge >= 0.3 is 5.97 Å². The van der Waals surface area contributed by atoms with Crippen LogP contribution < -0.4 is 5.32 Å². The van der Waals surface area contributed by atoms with E-state index in [-0.39, 0.29) is 19.4 Å². The van der Waals surface area contributed by atoms with Crippen molar-refractivity contribution in [3.63, 3.8) is 0 Å². The van der Waals surface area contributed by atoms with E-state index in [2.05, 4.69) is 38.2 Å². The number of ether oxygens (including phenoxy) is 3. The summed E-state index contributed by atoms with van der Waals surface area (Å²) in [6, 6.07) is -1.05. The average Bonchev–Trinajstić information content (AvgIpc) is 3.30. The summed E-state index contributed by atoms with van der Waals surface area (Å²) in [5.74, 6) is -1.26. The van der Waals surface area contributed by atoms with E-state index in [1.54, 1.807) is 12.2 Å². The van der Waals surface area contributed by atoms with Crippen LogP contribution in [0.4, 0.5) is 0 Å². The molecule has 8 unspecified atom stereocenters. The quantitative estimate of drug-likeness (QED) is 0.0196. The van der Waals surface area contributed by atoms with Crippen molar-refractivity contribution in [2.24, 2.45) is 0 Å². The molecule has 1 aliphatic rings. The van der Waals surface area contributed by atoms with Crippen molar-refractivity contribution < 1.29 is 49.3 Å². The summed E-state index contributed by atoms with van der Waals surface area (Å²) in [4.78, 5) is 26.3. The number of allylic oxidation sites excluding steroid dienone is 4. The van der Waals surface area contributed by atoms with Crippen LogP contribution in [-0.4, -0.2) is 99.6 Å². The first-order chi connectivity index (χ1) is 31.7. The molecule has 1 heterocycles. The van der Waals surface area contributed by atoms with Crippen molar-refractivity contribution in [2.45, 2.75) is 282 Å². The van der Waals surface area contributed by atoms with Gasteiger partial charge in [-0.2, -0.15) is 0 Å². The molecule has 0 spiro atoms. The molecule has 0 saturated carbocycles. The van der Waals surface area contributed by atoms with Gasteiger partial charge in [-0.25, -0.2) is 0 Å². The van der Waals surface area contributed by atoms with Crippen LogP contribution in [0.15, 0.2) is 36.5 Å². The summed E-state index contributed by atoms with van der Waals surface area (Å²) in [6.07, 6.45) is 37.9. The molecule has 8 atom stereocenters. The van der Waals surface area contributed by atoms with Crippen LogP contribution >= 0.6 is 0 Å². The zero-order chi connectivity index (χ0) is 47.6. The molecule has 1 saturated heterocycles. The van der Waals surface area contributed by atoms with E-state index in [4.69, 9.17) is 14.2 Å². The molecule has 0 aliphatic carbocycles. The number of aliphatic hydroxyl groups is 5. The van der Waals surface area contributed by atoms with Gasteiger partial charge in [0.15, 0.2) is 12.4 Å². The molecule has 1 rings (SSSR count). The Bertz CT molecular complexity index is 1200. The number of esters is 1. The minimum Gasteiger partial charge on any atom is -0.454 e. The van der Waals surface area contributed by atoms with Gasteiger partial charge in [0.05, 0.1) is 25.4 Å². The van der Waals surface area contributed by atoms with E-state index in [9.17, 15) is 35.1 Å². The number of hydrogen-bond acceptors (Lipinski definition) is 10.